The molecule has 54 valence electrons. The second-order valence-electron chi connectivity index (χ2n) is 2.45. The molecule has 1 unspecified atom stereocenters. The van der Waals surface area contributed by atoms with Crippen LogP contribution in [0.4, 0.5) is 0 Å². The van der Waals surface area contributed by atoms with Gasteiger partial charge in [0.1, 0.15) is 0 Å². The molecular weight excluding hydrogens is 134 g/mol. The molecule has 2 aliphatic rings. The average Bonchev–Trinajstić information content (AvgIpc) is 2.64. The van der Waals surface area contributed by atoms with Gasteiger partial charge in [-0.05, 0) is 0 Å². The predicted molar refractivity (Wildman–Crippen MR) is 30.8 cm³/mol. The van der Waals surface area contributed by atoms with Gasteiger partial charge < -0.3 is 4.74 Å². The van der Waals surface area contributed by atoms with Gasteiger partial charge in [-0.15, -0.1) is 0 Å². The fourth-order valence-electron chi connectivity index (χ4n) is 1.11. The number of hydrogen-bond donors (Lipinski definition) is 0. The molecule has 4 heteroatoms. The maximum atomic E-state index is 10.9. The molecule has 4 nitrogen and oxygen atoms in total. The minimum atomic E-state index is -0.220. The third-order valence-corrected chi connectivity index (χ3v) is 1.69. The molecule has 0 bridgehead atoms. The molecule has 2 amide bonds. The van der Waals surface area contributed by atoms with E-state index in [2.05, 4.69) is 0 Å². The zero-order chi connectivity index (χ0) is 7.14. The molecule has 2 heterocycles. The van der Waals surface area contributed by atoms with Crippen LogP contribution in [0, 0.1) is 0 Å². The lowest BCUT2D eigenvalue weighted by atomic mass is 10.4. The summed E-state index contributed by atoms with van der Waals surface area (Å²) >= 11 is 0. The lowest BCUT2D eigenvalue weighted by molar-refractivity contribution is -0.140. The van der Waals surface area contributed by atoms with Gasteiger partial charge in [-0.25, -0.2) is 0 Å². The minimum absolute atomic E-state index is 0.0903. The summed E-state index contributed by atoms with van der Waals surface area (Å²) in [6.07, 6.45) is 0.500. The lowest BCUT2D eigenvalue weighted by Gasteiger charge is -2.07. The molecule has 0 spiro atoms. The van der Waals surface area contributed by atoms with Crippen molar-refractivity contribution in [2.75, 3.05) is 6.61 Å². The molecule has 2 aliphatic heterocycles. The Kier molecular flexibility index (Phi) is 1.05. The van der Waals surface area contributed by atoms with Crippen LogP contribution in [0.3, 0.4) is 0 Å². The number of likely N-dealkylation sites (tertiary alicyclic amines) is 1. The molecule has 0 aromatic carbocycles. The maximum Gasteiger partial charge on any atom is 0.231 e. The first-order valence-electron chi connectivity index (χ1n) is 3.25. The number of amides is 2. The van der Waals surface area contributed by atoms with E-state index in [1.165, 1.54) is 4.90 Å². The summed E-state index contributed by atoms with van der Waals surface area (Å²) in [4.78, 5) is 23.0. The second-order valence-corrected chi connectivity index (χ2v) is 2.45. The Balaban J connectivity index is 2.15. The number of carbonyl (C=O) groups is 2. The molecule has 0 aliphatic carbocycles. The van der Waals surface area contributed by atoms with E-state index in [1.54, 1.807) is 0 Å². The van der Waals surface area contributed by atoms with Crippen molar-refractivity contribution in [1.29, 1.82) is 0 Å². The summed E-state index contributed by atoms with van der Waals surface area (Å²) < 4.78 is 4.82. The highest BCUT2D eigenvalue weighted by atomic mass is 16.6. The Morgan fingerprint density at radius 1 is 1.30 bits per heavy atom. The van der Waals surface area contributed by atoms with Crippen molar-refractivity contribution in [3.63, 3.8) is 0 Å². The summed E-state index contributed by atoms with van der Waals surface area (Å²) in [5.41, 5.74) is 0. The van der Waals surface area contributed by atoms with Gasteiger partial charge in [0.05, 0.1) is 6.61 Å². The Hall–Kier alpha value is -0.900. The van der Waals surface area contributed by atoms with E-state index in [9.17, 15) is 9.59 Å². The number of carbonyl (C=O) groups excluding carboxylic acids is 2. The van der Waals surface area contributed by atoms with Crippen molar-refractivity contribution in [2.24, 2.45) is 0 Å². The first-order valence-corrected chi connectivity index (χ1v) is 3.25. The standard InChI is InChI=1S/C6H7NO3/c8-4-1-2-5(9)7(4)6-3-10-6/h6H,1-3H2. The SMILES string of the molecule is O=C1CCC(=O)N1C1CO1. The maximum absolute atomic E-state index is 10.9. The van der Waals surface area contributed by atoms with Crippen LogP contribution in [-0.2, 0) is 14.3 Å². The first-order chi connectivity index (χ1) is 4.79. The number of nitrogens with zero attached hydrogens (tertiary/aromatic N) is 1. The number of rotatable bonds is 1. The molecule has 0 aromatic heterocycles. The fourth-order valence-corrected chi connectivity index (χ4v) is 1.11. The molecule has 1 atom stereocenters. The van der Waals surface area contributed by atoms with Gasteiger partial charge in [0, 0.05) is 12.8 Å². The predicted octanol–water partition coefficient (Wildman–Crippen LogP) is -0.508. The Labute approximate surface area is 57.7 Å². The molecule has 2 saturated heterocycles. The van der Waals surface area contributed by atoms with Gasteiger partial charge in [-0.3, -0.25) is 14.5 Å². The van der Waals surface area contributed by atoms with Crippen molar-refractivity contribution < 1.29 is 14.3 Å². The molecule has 2 rings (SSSR count). The smallest absolute Gasteiger partial charge is 0.231 e. The molecule has 2 fully saturated rings. The molecule has 10 heavy (non-hydrogen) atoms. The van der Waals surface area contributed by atoms with Crippen LogP contribution < -0.4 is 0 Å². The third-order valence-electron chi connectivity index (χ3n) is 1.69. The first kappa shape index (κ1) is 5.85. The van der Waals surface area contributed by atoms with Crippen molar-refractivity contribution in [3.05, 3.63) is 0 Å². The summed E-state index contributed by atoms with van der Waals surface area (Å²) in [6.45, 7) is 0.525. The molecule has 0 radical (unpaired) electrons. The van der Waals surface area contributed by atoms with Gasteiger partial charge in [-0.2, -0.15) is 0 Å². The number of imide groups is 1. The van der Waals surface area contributed by atoms with Gasteiger partial charge in [0.25, 0.3) is 0 Å². The van der Waals surface area contributed by atoms with Gasteiger partial charge in [0.15, 0.2) is 6.23 Å². The minimum Gasteiger partial charge on any atom is -0.351 e. The highest BCUT2D eigenvalue weighted by Crippen LogP contribution is 2.22. The van der Waals surface area contributed by atoms with E-state index < -0.39 is 0 Å². The van der Waals surface area contributed by atoms with Crippen LogP contribution in [0.25, 0.3) is 0 Å². The Morgan fingerprint density at radius 2 is 1.80 bits per heavy atom. The van der Waals surface area contributed by atoms with Gasteiger partial charge in [-0.1, -0.05) is 0 Å². The monoisotopic (exact) mass is 141 g/mol. The number of epoxide rings is 1. The van der Waals surface area contributed by atoms with Crippen LogP contribution in [0.5, 0.6) is 0 Å². The zero-order valence-corrected chi connectivity index (χ0v) is 5.37. The van der Waals surface area contributed by atoms with Crippen LogP contribution in [-0.4, -0.2) is 29.5 Å². The van der Waals surface area contributed by atoms with Crippen LogP contribution in [0.15, 0.2) is 0 Å². The van der Waals surface area contributed by atoms with Crippen molar-refractivity contribution >= 4 is 11.8 Å². The van der Waals surface area contributed by atoms with E-state index in [0.717, 1.165) is 0 Å². The van der Waals surface area contributed by atoms with Crippen LogP contribution >= 0.6 is 0 Å². The Morgan fingerprint density at radius 3 is 2.20 bits per heavy atom. The van der Waals surface area contributed by atoms with E-state index in [-0.39, 0.29) is 18.0 Å². The van der Waals surface area contributed by atoms with Crippen LogP contribution in [0.2, 0.25) is 0 Å². The van der Waals surface area contributed by atoms with E-state index in [0.29, 0.717) is 19.4 Å². The number of hydrogen-bond acceptors (Lipinski definition) is 3. The van der Waals surface area contributed by atoms with E-state index >= 15 is 0 Å². The number of ether oxygens (including phenoxy) is 1. The highest BCUT2D eigenvalue weighted by Gasteiger charge is 2.41. The van der Waals surface area contributed by atoms with E-state index in [1.807, 2.05) is 0 Å². The molecule has 0 saturated carbocycles. The second kappa shape index (κ2) is 1.79. The Bertz CT molecular complexity index is 181. The van der Waals surface area contributed by atoms with Crippen molar-refractivity contribution in [1.82, 2.24) is 4.90 Å². The van der Waals surface area contributed by atoms with Crippen LogP contribution in [0.1, 0.15) is 12.8 Å². The topological polar surface area (TPSA) is 49.9 Å². The summed E-state index contributed by atoms with van der Waals surface area (Å²) in [7, 11) is 0. The van der Waals surface area contributed by atoms with Crippen molar-refractivity contribution in [2.45, 2.75) is 19.1 Å². The quantitative estimate of drug-likeness (QED) is 0.365. The zero-order valence-electron chi connectivity index (χ0n) is 5.37. The molecular formula is C6H7NO3. The molecule has 0 N–H and O–H groups in total. The average molecular weight is 141 g/mol. The third kappa shape index (κ3) is 0.724. The lowest BCUT2D eigenvalue weighted by Crippen LogP contribution is -2.31. The normalized spacial score (nSPS) is 31.6. The summed E-state index contributed by atoms with van der Waals surface area (Å²) in [5.74, 6) is -0.181. The van der Waals surface area contributed by atoms with Gasteiger partial charge >= 0.3 is 0 Å². The summed E-state index contributed by atoms with van der Waals surface area (Å²) in [5, 5.41) is 0. The van der Waals surface area contributed by atoms with Crippen molar-refractivity contribution in [3.8, 4) is 0 Å². The van der Waals surface area contributed by atoms with E-state index in [4.69, 9.17) is 4.74 Å². The largest absolute Gasteiger partial charge is 0.351 e. The molecule has 0 aromatic rings. The fraction of sp³-hybridized carbons (Fsp3) is 0.667. The summed E-state index contributed by atoms with van der Waals surface area (Å²) in [6, 6.07) is 0. The van der Waals surface area contributed by atoms with Gasteiger partial charge in [0.2, 0.25) is 11.8 Å². The highest BCUT2D eigenvalue weighted by molar-refractivity contribution is 6.02.